The molecule has 0 aromatic heterocycles. The van der Waals surface area contributed by atoms with Crippen LogP contribution in [0.2, 0.25) is 0 Å². The molecule has 1 aliphatic rings. The molecule has 8 heteroatoms. The summed E-state index contributed by atoms with van der Waals surface area (Å²) in [6.45, 7) is 14.8. The SMILES string of the molecule is C=Cc1cccc(C(C(=O)NC2CCCCC2)N(C(=O)C(CS)NC(=O)OC(C)(C)C)C(C)(C)C)c1. The lowest BCUT2D eigenvalue weighted by Crippen LogP contribution is -2.59. The molecular weight excluding hydrogens is 474 g/mol. The maximum Gasteiger partial charge on any atom is 0.408 e. The van der Waals surface area contributed by atoms with Gasteiger partial charge in [0, 0.05) is 17.3 Å². The molecule has 3 amide bonds. The molecule has 2 unspecified atom stereocenters. The highest BCUT2D eigenvalue weighted by Crippen LogP contribution is 2.31. The molecule has 0 radical (unpaired) electrons. The van der Waals surface area contributed by atoms with Crippen molar-refractivity contribution in [1.82, 2.24) is 15.5 Å². The average Bonchev–Trinajstić information content (AvgIpc) is 2.79. The second kappa shape index (κ2) is 12.7. The minimum Gasteiger partial charge on any atom is -0.444 e. The van der Waals surface area contributed by atoms with E-state index in [1.807, 2.05) is 45.0 Å². The molecule has 0 saturated heterocycles. The number of amides is 3. The molecule has 36 heavy (non-hydrogen) atoms. The molecule has 2 rings (SSSR count). The number of hydrogen-bond donors (Lipinski definition) is 3. The molecular formula is C28H43N3O4S. The average molecular weight is 518 g/mol. The van der Waals surface area contributed by atoms with Gasteiger partial charge in [-0.1, -0.05) is 50.1 Å². The van der Waals surface area contributed by atoms with Crippen molar-refractivity contribution >= 4 is 36.6 Å². The Bertz CT molecular complexity index is 929. The quantitative estimate of drug-likeness (QED) is 0.410. The second-order valence-corrected chi connectivity index (χ2v) is 11.7. The molecule has 7 nitrogen and oxygen atoms in total. The standard InChI is InChI=1S/C28H43N3O4S/c1-8-19-13-12-14-20(17-19)23(24(32)29-21-15-10-9-11-16-21)31(27(2,3)4)25(33)22(18-36)30-26(34)35-28(5,6)7/h8,12-14,17,21-23,36H,1,9-11,15-16,18H2,2-7H3,(H,29,32)(H,30,34). The first-order chi connectivity index (χ1) is 16.8. The normalized spacial score (nSPS) is 16.4. The molecule has 1 aromatic carbocycles. The predicted molar refractivity (Wildman–Crippen MR) is 148 cm³/mol. The Kier molecular flexibility index (Phi) is 10.5. The maximum atomic E-state index is 14.0. The van der Waals surface area contributed by atoms with Gasteiger partial charge in [-0.25, -0.2) is 4.79 Å². The summed E-state index contributed by atoms with van der Waals surface area (Å²) in [5.41, 5.74) is 0.0686. The van der Waals surface area contributed by atoms with Crippen molar-refractivity contribution in [3.05, 3.63) is 42.0 Å². The molecule has 1 aromatic rings. The molecule has 0 spiro atoms. The van der Waals surface area contributed by atoms with Crippen molar-refractivity contribution in [1.29, 1.82) is 0 Å². The van der Waals surface area contributed by atoms with E-state index in [0.717, 1.165) is 31.2 Å². The minimum absolute atomic E-state index is 0.0499. The smallest absolute Gasteiger partial charge is 0.408 e. The van der Waals surface area contributed by atoms with Crippen molar-refractivity contribution in [2.45, 2.75) is 103 Å². The number of benzene rings is 1. The number of nitrogens with zero attached hydrogens (tertiary/aromatic N) is 1. The predicted octanol–water partition coefficient (Wildman–Crippen LogP) is 5.27. The van der Waals surface area contributed by atoms with E-state index < -0.39 is 35.2 Å². The first kappa shape index (κ1) is 29.7. The van der Waals surface area contributed by atoms with Crippen molar-refractivity contribution < 1.29 is 19.1 Å². The first-order valence-electron chi connectivity index (χ1n) is 12.7. The fourth-order valence-electron chi connectivity index (χ4n) is 4.45. The van der Waals surface area contributed by atoms with E-state index in [1.165, 1.54) is 6.42 Å². The first-order valence-corrected chi connectivity index (χ1v) is 13.4. The number of alkyl carbamates (subject to hydrolysis) is 1. The van der Waals surface area contributed by atoms with Gasteiger partial charge in [-0.3, -0.25) is 9.59 Å². The van der Waals surface area contributed by atoms with Crippen LogP contribution >= 0.6 is 12.6 Å². The topological polar surface area (TPSA) is 87.7 Å². The zero-order chi connectivity index (χ0) is 27.1. The van der Waals surface area contributed by atoms with Crippen LogP contribution in [0.15, 0.2) is 30.8 Å². The van der Waals surface area contributed by atoms with Crippen LogP contribution in [0.1, 0.15) is 90.8 Å². The van der Waals surface area contributed by atoms with Crippen LogP contribution in [-0.4, -0.2) is 51.8 Å². The number of thiol groups is 1. The zero-order valence-corrected chi connectivity index (χ0v) is 23.5. The van der Waals surface area contributed by atoms with Crippen LogP contribution < -0.4 is 10.6 Å². The maximum absolute atomic E-state index is 14.0. The molecule has 0 bridgehead atoms. The number of carbonyl (C=O) groups excluding carboxylic acids is 3. The van der Waals surface area contributed by atoms with Gasteiger partial charge in [-0.2, -0.15) is 12.6 Å². The summed E-state index contributed by atoms with van der Waals surface area (Å²) in [7, 11) is 0. The van der Waals surface area contributed by atoms with Gasteiger partial charge in [0.25, 0.3) is 0 Å². The zero-order valence-electron chi connectivity index (χ0n) is 22.6. The highest BCUT2D eigenvalue weighted by Gasteiger charge is 2.42. The van der Waals surface area contributed by atoms with Gasteiger partial charge < -0.3 is 20.3 Å². The molecule has 1 saturated carbocycles. The van der Waals surface area contributed by atoms with Crippen molar-refractivity contribution in [3.63, 3.8) is 0 Å². The lowest BCUT2D eigenvalue weighted by atomic mass is 9.92. The van der Waals surface area contributed by atoms with Crippen LogP contribution in [-0.2, 0) is 14.3 Å². The summed E-state index contributed by atoms with van der Waals surface area (Å²) in [5, 5.41) is 5.85. The van der Waals surface area contributed by atoms with Crippen LogP contribution in [0.3, 0.4) is 0 Å². The van der Waals surface area contributed by atoms with Gasteiger partial charge in [0.1, 0.15) is 17.7 Å². The summed E-state index contributed by atoms with van der Waals surface area (Å²) >= 11 is 4.34. The Morgan fingerprint density at radius 2 is 1.78 bits per heavy atom. The summed E-state index contributed by atoms with van der Waals surface area (Å²) < 4.78 is 5.36. The monoisotopic (exact) mass is 517 g/mol. The molecule has 2 atom stereocenters. The van der Waals surface area contributed by atoms with Gasteiger partial charge in [0.05, 0.1) is 0 Å². The number of ether oxygens (including phenoxy) is 1. The highest BCUT2D eigenvalue weighted by atomic mass is 32.1. The summed E-state index contributed by atoms with van der Waals surface area (Å²) in [6.07, 6.45) is 6.17. The van der Waals surface area contributed by atoms with Crippen LogP contribution in [0.25, 0.3) is 6.08 Å². The van der Waals surface area contributed by atoms with Crippen molar-refractivity contribution in [2.75, 3.05) is 5.75 Å². The van der Waals surface area contributed by atoms with Gasteiger partial charge in [-0.15, -0.1) is 0 Å². The van der Waals surface area contributed by atoms with Gasteiger partial charge in [-0.05, 0) is 71.6 Å². The third kappa shape index (κ3) is 8.57. The second-order valence-electron chi connectivity index (χ2n) is 11.4. The van der Waals surface area contributed by atoms with Gasteiger partial charge >= 0.3 is 6.09 Å². The van der Waals surface area contributed by atoms with Crippen LogP contribution in [0.5, 0.6) is 0 Å². The van der Waals surface area contributed by atoms with E-state index in [1.54, 1.807) is 31.7 Å². The van der Waals surface area contributed by atoms with E-state index in [0.29, 0.717) is 5.56 Å². The number of rotatable bonds is 8. The number of nitrogens with one attached hydrogen (secondary N) is 2. The van der Waals surface area contributed by atoms with E-state index in [2.05, 4.69) is 29.8 Å². The third-order valence-electron chi connectivity index (χ3n) is 6.05. The van der Waals surface area contributed by atoms with Crippen molar-refractivity contribution in [2.24, 2.45) is 0 Å². The van der Waals surface area contributed by atoms with Gasteiger partial charge in [0.15, 0.2) is 0 Å². The molecule has 0 heterocycles. The molecule has 1 fully saturated rings. The Morgan fingerprint density at radius 1 is 1.14 bits per heavy atom. The lowest BCUT2D eigenvalue weighted by molar-refractivity contribution is -0.148. The van der Waals surface area contributed by atoms with Crippen LogP contribution in [0.4, 0.5) is 4.79 Å². The molecule has 200 valence electrons. The summed E-state index contributed by atoms with van der Waals surface area (Å²) in [4.78, 5) is 41.9. The Balaban J connectivity index is 2.48. The number of hydrogen-bond acceptors (Lipinski definition) is 5. The Hall–Kier alpha value is -2.48. The Morgan fingerprint density at radius 3 is 2.31 bits per heavy atom. The largest absolute Gasteiger partial charge is 0.444 e. The van der Waals surface area contributed by atoms with Crippen molar-refractivity contribution in [3.8, 4) is 0 Å². The molecule has 0 aliphatic heterocycles. The summed E-state index contributed by atoms with van der Waals surface area (Å²) in [6, 6.07) is 5.68. The number of carbonyl (C=O) groups is 3. The third-order valence-corrected chi connectivity index (χ3v) is 6.42. The van der Waals surface area contributed by atoms with E-state index >= 15 is 0 Å². The summed E-state index contributed by atoms with van der Waals surface area (Å²) in [5.74, 6) is -0.591. The van der Waals surface area contributed by atoms with E-state index in [-0.39, 0.29) is 17.7 Å². The lowest BCUT2D eigenvalue weighted by Gasteiger charge is -2.43. The highest BCUT2D eigenvalue weighted by molar-refractivity contribution is 7.80. The van der Waals surface area contributed by atoms with Gasteiger partial charge in [0.2, 0.25) is 11.8 Å². The van der Waals surface area contributed by atoms with E-state index in [9.17, 15) is 14.4 Å². The molecule has 1 aliphatic carbocycles. The minimum atomic E-state index is -0.977. The van der Waals surface area contributed by atoms with Crippen LogP contribution in [0, 0.1) is 0 Å². The Labute approximate surface area is 221 Å². The fourth-order valence-corrected chi connectivity index (χ4v) is 4.70. The van der Waals surface area contributed by atoms with E-state index in [4.69, 9.17) is 4.74 Å². The fraction of sp³-hybridized carbons (Fsp3) is 0.607. The molecule has 2 N–H and O–H groups in total.